The molecule has 0 aliphatic carbocycles. The van der Waals surface area contributed by atoms with Gasteiger partial charge in [0.15, 0.2) is 0 Å². The number of thioether (sulfide) groups is 1. The molecule has 2 heterocycles. The Bertz CT molecular complexity index is 762. The number of pyridine rings is 1. The number of aryl methyl sites for hydroxylation is 1. The Labute approximate surface area is 122 Å². The van der Waals surface area contributed by atoms with Crippen LogP contribution in [0.4, 0.5) is 5.69 Å². The third-order valence-electron chi connectivity index (χ3n) is 3.37. The summed E-state index contributed by atoms with van der Waals surface area (Å²) in [6.45, 7) is 2.78. The second-order valence-corrected chi connectivity index (χ2v) is 5.72. The van der Waals surface area contributed by atoms with E-state index >= 15 is 0 Å². The van der Waals surface area contributed by atoms with Gasteiger partial charge in [-0.15, -0.1) is 11.8 Å². The standard InChI is InChI=1S/C16H17N3S/c1-11-4-3-5-13(18-11)10-19-7-6-14-15(19)8-12(17)9-16(14)20-2/h3-9H,10,17H2,1-2H3. The fourth-order valence-corrected chi connectivity index (χ4v) is 3.10. The van der Waals surface area contributed by atoms with Crippen LogP contribution in [0.15, 0.2) is 47.5 Å². The molecule has 0 radical (unpaired) electrons. The minimum absolute atomic E-state index is 0.766. The van der Waals surface area contributed by atoms with E-state index in [1.165, 1.54) is 10.3 Å². The van der Waals surface area contributed by atoms with Crippen molar-refractivity contribution in [2.75, 3.05) is 12.0 Å². The molecule has 102 valence electrons. The fraction of sp³-hybridized carbons (Fsp3) is 0.188. The third-order valence-corrected chi connectivity index (χ3v) is 4.15. The van der Waals surface area contributed by atoms with Gasteiger partial charge >= 0.3 is 0 Å². The summed E-state index contributed by atoms with van der Waals surface area (Å²) in [5.74, 6) is 0. The first-order chi connectivity index (χ1) is 9.67. The second-order valence-electron chi connectivity index (χ2n) is 4.87. The van der Waals surface area contributed by atoms with Gasteiger partial charge in [-0.1, -0.05) is 6.07 Å². The van der Waals surface area contributed by atoms with E-state index < -0.39 is 0 Å². The molecule has 1 aromatic carbocycles. The molecule has 0 saturated heterocycles. The lowest BCUT2D eigenvalue weighted by Crippen LogP contribution is -2.01. The van der Waals surface area contributed by atoms with Gasteiger partial charge in [0.25, 0.3) is 0 Å². The molecule has 0 saturated carbocycles. The summed E-state index contributed by atoms with van der Waals surface area (Å²) in [5.41, 5.74) is 10.1. The molecule has 0 fully saturated rings. The van der Waals surface area contributed by atoms with Gasteiger partial charge in [-0.05, 0) is 43.5 Å². The summed E-state index contributed by atoms with van der Waals surface area (Å²) in [5, 5.41) is 1.25. The highest BCUT2D eigenvalue weighted by Gasteiger charge is 2.08. The lowest BCUT2D eigenvalue weighted by atomic mass is 10.2. The summed E-state index contributed by atoms with van der Waals surface area (Å²) in [7, 11) is 0. The van der Waals surface area contributed by atoms with Gasteiger partial charge in [0.05, 0.1) is 17.8 Å². The molecule has 0 aliphatic heterocycles. The number of anilines is 1. The van der Waals surface area contributed by atoms with E-state index in [4.69, 9.17) is 5.73 Å². The van der Waals surface area contributed by atoms with E-state index in [0.717, 1.165) is 29.1 Å². The highest BCUT2D eigenvalue weighted by molar-refractivity contribution is 7.98. The summed E-state index contributed by atoms with van der Waals surface area (Å²) >= 11 is 1.73. The van der Waals surface area contributed by atoms with Crippen molar-refractivity contribution in [2.45, 2.75) is 18.4 Å². The lowest BCUT2D eigenvalue weighted by Gasteiger charge is -2.08. The number of nitrogen functional groups attached to an aromatic ring is 1. The minimum Gasteiger partial charge on any atom is -0.399 e. The SMILES string of the molecule is CSc1cc(N)cc2c1ccn2Cc1cccc(C)n1. The Kier molecular flexibility index (Phi) is 3.40. The molecule has 0 bridgehead atoms. The van der Waals surface area contributed by atoms with Crippen molar-refractivity contribution in [2.24, 2.45) is 0 Å². The van der Waals surface area contributed by atoms with Crippen LogP contribution in [0.3, 0.4) is 0 Å². The van der Waals surface area contributed by atoms with E-state index in [0.29, 0.717) is 0 Å². The summed E-state index contributed by atoms with van der Waals surface area (Å²) in [6, 6.07) is 12.3. The van der Waals surface area contributed by atoms with Crippen molar-refractivity contribution in [1.29, 1.82) is 0 Å². The number of nitrogens with zero attached hydrogens (tertiary/aromatic N) is 2. The summed E-state index contributed by atoms with van der Waals surface area (Å²) < 4.78 is 2.20. The third kappa shape index (κ3) is 2.39. The minimum atomic E-state index is 0.766. The van der Waals surface area contributed by atoms with Crippen LogP contribution in [0.5, 0.6) is 0 Å². The maximum atomic E-state index is 6.00. The molecule has 2 N–H and O–H groups in total. The highest BCUT2D eigenvalue weighted by atomic mass is 32.2. The number of rotatable bonds is 3. The quantitative estimate of drug-likeness (QED) is 0.589. The number of benzene rings is 1. The zero-order valence-corrected chi connectivity index (χ0v) is 12.4. The number of fused-ring (bicyclic) bond motifs is 1. The molecule has 0 unspecified atom stereocenters. The van der Waals surface area contributed by atoms with Crippen LogP contribution in [0, 0.1) is 6.92 Å². The van der Waals surface area contributed by atoms with Crippen LogP contribution in [-0.4, -0.2) is 15.8 Å². The van der Waals surface area contributed by atoms with E-state index in [1.54, 1.807) is 11.8 Å². The average Bonchev–Trinajstić information content (AvgIpc) is 2.81. The Balaban J connectivity index is 2.06. The Morgan fingerprint density at radius 3 is 2.85 bits per heavy atom. The van der Waals surface area contributed by atoms with Crippen LogP contribution in [0.2, 0.25) is 0 Å². The monoisotopic (exact) mass is 283 g/mol. The molecule has 3 aromatic rings. The molecular weight excluding hydrogens is 266 g/mol. The number of nitrogens with two attached hydrogens (primary N) is 1. The Morgan fingerprint density at radius 2 is 2.10 bits per heavy atom. The van der Waals surface area contributed by atoms with Crippen molar-refractivity contribution < 1.29 is 0 Å². The first-order valence-electron chi connectivity index (χ1n) is 6.52. The van der Waals surface area contributed by atoms with E-state index in [1.807, 2.05) is 31.2 Å². The topological polar surface area (TPSA) is 43.8 Å². The molecule has 2 aromatic heterocycles. The van der Waals surface area contributed by atoms with Crippen LogP contribution < -0.4 is 5.73 Å². The Hall–Kier alpha value is -1.94. The second kappa shape index (κ2) is 5.21. The normalized spacial score (nSPS) is 11.1. The summed E-state index contributed by atoms with van der Waals surface area (Å²) in [6.07, 6.45) is 4.18. The highest BCUT2D eigenvalue weighted by Crippen LogP contribution is 2.30. The molecule has 0 spiro atoms. The zero-order valence-electron chi connectivity index (χ0n) is 11.6. The number of hydrogen-bond donors (Lipinski definition) is 1. The molecule has 3 rings (SSSR count). The van der Waals surface area contributed by atoms with E-state index in [9.17, 15) is 0 Å². The molecule has 3 nitrogen and oxygen atoms in total. The van der Waals surface area contributed by atoms with Gasteiger partial charge in [0, 0.05) is 27.9 Å². The van der Waals surface area contributed by atoms with E-state index in [-0.39, 0.29) is 0 Å². The van der Waals surface area contributed by atoms with Crippen LogP contribution in [0.1, 0.15) is 11.4 Å². The predicted molar refractivity (Wildman–Crippen MR) is 86.2 cm³/mol. The van der Waals surface area contributed by atoms with Crippen molar-refractivity contribution in [3.05, 3.63) is 54.0 Å². The number of hydrogen-bond acceptors (Lipinski definition) is 3. The Morgan fingerprint density at radius 1 is 1.25 bits per heavy atom. The first kappa shape index (κ1) is 13.1. The number of aromatic nitrogens is 2. The smallest absolute Gasteiger partial charge is 0.0648 e. The summed E-state index contributed by atoms with van der Waals surface area (Å²) in [4.78, 5) is 5.78. The molecular formula is C16H17N3S. The zero-order chi connectivity index (χ0) is 14.1. The van der Waals surface area contributed by atoms with Gasteiger partial charge in [-0.3, -0.25) is 4.98 Å². The molecule has 0 atom stereocenters. The maximum Gasteiger partial charge on any atom is 0.0648 e. The molecule has 0 amide bonds. The molecule has 20 heavy (non-hydrogen) atoms. The van der Waals surface area contributed by atoms with Crippen molar-refractivity contribution in [3.63, 3.8) is 0 Å². The van der Waals surface area contributed by atoms with Gasteiger partial charge in [0.1, 0.15) is 0 Å². The van der Waals surface area contributed by atoms with Crippen molar-refractivity contribution >= 4 is 28.4 Å². The van der Waals surface area contributed by atoms with Crippen LogP contribution in [-0.2, 0) is 6.54 Å². The predicted octanol–water partition coefficient (Wildman–Crippen LogP) is 3.70. The van der Waals surface area contributed by atoms with Crippen LogP contribution in [0.25, 0.3) is 10.9 Å². The fourth-order valence-electron chi connectivity index (χ4n) is 2.45. The van der Waals surface area contributed by atoms with Gasteiger partial charge in [-0.25, -0.2) is 0 Å². The largest absolute Gasteiger partial charge is 0.399 e. The van der Waals surface area contributed by atoms with E-state index in [2.05, 4.69) is 34.1 Å². The van der Waals surface area contributed by atoms with Crippen molar-refractivity contribution in [1.82, 2.24) is 9.55 Å². The van der Waals surface area contributed by atoms with Gasteiger partial charge in [-0.2, -0.15) is 0 Å². The van der Waals surface area contributed by atoms with Gasteiger partial charge < -0.3 is 10.3 Å². The maximum absolute atomic E-state index is 6.00. The first-order valence-corrected chi connectivity index (χ1v) is 7.75. The molecule has 4 heteroatoms. The van der Waals surface area contributed by atoms with Crippen LogP contribution >= 0.6 is 11.8 Å². The molecule has 0 aliphatic rings. The lowest BCUT2D eigenvalue weighted by molar-refractivity contribution is 0.802. The van der Waals surface area contributed by atoms with Gasteiger partial charge in [0.2, 0.25) is 0 Å². The van der Waals surface area contributed by atoms with Crippen molar-refractivity contribution in [3.8, 4) is 0 Å². The average molecular weight is 283 g/mol.